The Kier molecular flexibility index (Phi) is 5.21. The van der Waals surface area contributed by atoms with Crippen molar-refractivity contribution >= 4 is 6.29 Å². The molecule has 1 aromatic carbocycles. The van der Waals surface area contributed by atoms with Gasteiger partial charge in [0, 0.05) is 5.56 Å². The standard InChI is InChI=1S/C15H21NO2/c17-12-14-5-7-15(8-6-14)18-10-2-4-13-3-1-9-16-11-13/h5-8,12-13,16H,1-4,9-11H2. The number of benzene rings is 1. The molecule has 0 aromatic heterocycles. The average Bonchev–Trinajstić information content (AvgIpc) is 2.45. The molecule has 18 heavy (non-hydrogen) atoms. The molecule has 2 rings (SSSR count). The summed E-state index contributed by atoms with van der Waals surface area (Å²) >= 11 is 0. The Morgan fingerprint density at radius 2 is 2.17 bits per heavy atom. The molecular weight excluding hydrogens is 226 g/mol. The molecule has 0 amide bonds. The number of aldehydes is 1. The van der Waals surface area contributed by atoms with Gasteiger partial charge in [0.2, 0.25) is 0 Å². The topological polar surface area (TPSA) is 38.3 Å². The van der Waals surface area contributed by atoms with E-state index in [-0.39, 0.29) is 0 Å². The van der Waals surface area contributed by atoms with E-state index >= 15 is 0 Å². The number of ether oxygens (including phenoxy) is 1. The molecule has 0 bridgehead atoms. The predicted molar refractivity (Wildman–Crippen MR) is 72.2 cm³/mol. The largest absolute Gasteiger partial charge is 0.494 e. The molecule has 98 valence electrons. The van der Waals surface area contributed by atoms with Gasteiger partial charge in [0.05, 0.1) is 6.61 Å². The highest BCUT2D eigenvalue weighted by Gasteiger charge is 2.11. The number of piperidine rings is 1. The number of carbonyl (C=O) groups excluding carboxylic acids is 1. The summed E-state index contributed by atoms with van der Waals surface area (Å²) < 4.78 is 5.66. The Hall–Kier alpha value is -1.35. The molecule has 1 atom stereocenters. The van der Waals surface area contributed by atoms with Gasteiger partial charge in [0.15, 0.2) is 0 Å². The number of hydrogen-bond donors (Lipinski definition) is 1. The van der Waals surface area contributed by atoms with Gasteiger partial charge in [0.25, 0.3) is 0 Å². The van der Waals surface area contributed by atoms with Crippen LogP contribution in [0.4, 0.5) is 0 Å². The first-order valence-corrected chi connectivity index (χ1v) is 6.77. The van der Waals surface area contributed by atoms with Gasteiger partial charge in [-0.05, 0) is 69.0 Å². The van der Waals surface area contributed by atoms with E-state index in [0.29, 0.717) is 5.56 Å². The van der Waals surface area contributed by atoms with Gasteiger partial charge in [-0.2, -0.15) is 0 Å². The van der Waals surface area contributed by atoms with Gasteiger partial charge in [0.1, 0.15) is 12.0 Å². The van der Waals surface area contributed by atoms with Gasteiger partial charge in [-0.3, -0.25) is 4.79 Å². The van der Waals surface area contributed by atoms with Crippen LogP contribution in [0.5, 0.6) is 5.75 Å². The molecule has 1 saturated heterocycles. The lowest BCUT2D eigenvalue weighted by Gasteiger charge is -2.22. The number of carbonyl (C=O) groups is 1. The minimum absolute atomic E-state index is 0.690. The van der Waals surface area contributed by atoms with E-state index in [4.69, 9.17) is 4.74 Å². The van der Waals surface area contributed by atoms with Crippen molar-refractivity contribution < 1.29 is 9.53 Å². The second-order valence-corrected chi connectivity index (χ2v) is 4.89. The van der Waals surface area contributed by atoms with Gasteiger partial charge in [-0.15, -0.1) is 0 Å². The Bertz CT molecular complexity index is 355. The van der Waals surface area contributed by atoms with Crippen molar-refractivity contribution in [3.8, 4) is 5.75 Å². The van der Waals surface area contributed by atoms with Crippen LogP contribution in [-0.2, 0) is 0 Å². The van der Waals surface area contributed by atoms with E-state index in [1.54, 1.807) is 12.1 Å². The number of nitrogens with one attached hydrogen (secondary N) is 1. The maximum absolute atomic E-state index is 10.5. The third-order valence-electron chi connectivity index (χ3n) is 3.44. The van der Waals surface area contributed by atoms with Crippen molar-refractivity contribution in [1.82, 2.24) is 5.32 Å². The molecule has 1 unspecified atom stereocenters. The third kappa shape index (κ3) is 4.15. The van der Waals surface area contributed by atoms with Crippen LogP contribution in [0.1, 0.15) is 36.0 Å². The van der Waals surface area contributed by atoms with Crippen LogP contribution < -0.4 is 10.1 Å². The van der Waals surface area contributed by atoms with Crippen molar-refractivity contribution in [3.63, 3.8) is 0 Å². The molecular formula is C15H21NO2. The summed E-state index contributed by atoms with van der Waals surface area (Å²) in [4.78, 5) is 10.5. The molecule has 0 spiro atoms. The molecule has 1 aliphatic rings. The highest BCUT2D eigenvalue weighted by Crippen LogP contribution is 2.17. The van der Waals surface area contributed by atoms with E-state index in [2.05, 4.69) is 5.32 Å². The monoisotopic (exact) mass is 247 g/mol. The number of rotatable bonds is 6. The molecule has 1 aromatic rings. The number of hydrogen-bond acceptors (Lipinski definition) is 3. The van der Waals surface area contributed by atoms with E-state index in [1.807, 2.05) is 12.1 Å². The summed E-state index contributed by atoms with van der Waals surface area (Å²) in [6.45, 7) is 3.10. The van der Waals surface area contributed by atoms with Crippen molar-refractivity contribution in [1.29, 1.82) is 0 Å². The first-order chi connectivity index (χ1) is 8.88. The second kappa shape index (κ2) is 7.17. The quantitative estimate of drug-likeness (QED) is 0.620. The highest BCUT2D eigenvalue weighted by atomic mass is 16.5. The normalized spacial score (nSPS) is 19.4. The van der Waals surface area contributed by atoms with Gasteiger partial charge >= 0.3 is 0 Å². The molecule has 3 nitrogen and oxygen atoms in total. The van der Waals surface area contributed by atoms with Crippen LogP contribution in [0.3, 0.4) is 0 Å². The minimum atomic E-state index is 0.690. The lowest BCUT2D eigenvalue weighted by molar-refractivity contribution is 0.112. The zero-order valence-electron chi connectivity index (χ0n) is 10.7. The van der Waals surface area contributed by atoms with Gasteiger partial charge < -0.3 is 10.1 Å². The first kappa shape index (κ1) is 13.1. The van der Waals surface area contributed by atoms with Crippen LogP contribution in [0.2, 0.25) is 0 Å². The SMILES string of the molecule is O=Cc1ccc(OCCCC2CCCNC2)cc1. The van der Waals surface area contributed by atoms with Gasteiger partial charge in [-0.1, -0.05) is 0 Å². The summed E-state index contributed by atoms with van der Waals surface area (Å²) in [7, 11) is 0. The van der Waals surface area contributed by atoms with E-state index in [1.165, 1.54) is 25.8 Å². The molecule has 0 radical (unpaired) electrons. The summed E-state index contributed by atoms with van der Waals surface area (Å²) in [5, 5.41) is 3.43. The zero-order chi connectivity index (χ0) is 12.6. The maximum Gasteiger partial charge on any atom is 0.150 e. The maximum atomic E-state index is 10.5. The average molecular weight is 247 g/mol. The lowest BCUT2D eigenvalue weighted by atomic mass is 9.95. The minimum Gasteiger partial charge on any atom is -0.494 e. The second-order valence-electron chi connectivity index (χ2n) is 4.89. The molecule has 3 heteroatoms. The first-order valence-electron chi connectivity index (χ1n) is 6.77. The Morgan fingerprint density at radius 1 is 1.33 bits per heavy atom. The fourth-order valence-corrected chi connectivity index (χ4v) is 2.38. The van der Waals surface area contributed by atoms with Crippen LogP contribution in [-0.4, -0.2) is 26.0 Å². The van der Waals surface area contributed by atoms with E-state index in [0.717, 1.165) is 37.5 Å². The van der Waals surface area contributed by atoms with Crippen molar-refractivity contribution in [2.24, 2.45) is 5.92 Å². The lowest BCUT2D eigenvalue weighted by Crippen LogP contribution is -2.29. The molecule has 1 N–H and O–H groups in total. The fraction of sp³-hybridized carbons (Fsp3) is 0.533. The Balaban J connectivity index is 1.63. The molecule has 1 fully saturated rings. The highest BCUT2D eigenvalue weighted by molar-refractivity contribution is 5.74. The van der Waals surface area contributed by atoms with Crippen molar-refractivity contribution in [3.05, 3.63) is 29.8 Å². The third-order valence-corrected chi connectivity index (χ3v) is 3.44. The fourth-order valence-electron chi connectivity index (χ4n) is 2.38. The summed E-state index contributed by atoms with van der Waals surface area (Å²) in [6.07, 6.45) is 5.83. The summed E-state index contributed by atoms with van der Waals surface area (Å²) in [6, 6.07) is 7.28. The molecule has 1 aliphatic heterocycles. The summed E-state index contributed by atoms with van der Waals surface area (Å²) in [5.41, 5.74) is 0.690. The van der Waals surface area contributed by atoms with Crippen LogP contribution >= 0.6 is 0 Å². The predicted octanol–water partition coefficient (Wildman–Crippen LogP) is 2.66. The Labute approximate surface area is 109 Å². The zero-order valence-corrected chi connectivity index (χ0v) is 10.7. The van der Waals surface area contributed by atoms with E-state index in [9.17, 15) is 4.79 Å². The Morgan fingerprint density at radius 3 is 2.83 bits per heavy atom. The van der Waals surface area contributed by atoms with Crippen molar-refractivity contribution in [2.45, 2.75) is 25.7 Å². The van der Waals surface area contributed by atoms with Crippen LogP contribution in [0, 0.1) is 5.92 Å². The van der Waals surface area contributed by atoms with Crippen molar-refractivity contribution in [2.75, 3.05) is 19.7 Å². The van der Waals surface area contributed by atoms with Crippen LogP contribution in [0.25, 0.3) is 0 Å². The molecule has 1 heterocycles. The molecule has 0 saturated carbocycles. The van der Waals surface area contributed by atoms with Crippen LogP contribution in [0.15, 0.2) is 24.3 Å². The molecule has 0 aliphatic carbocycles. The smallest absolute Gasteiger partial charge is 0.150 e. The summed E-state index contributed by atoms with van der Waals surface area (Å²) in [5.74, 6) is 1.67. The van der Waals surface area contributed by atoms with E-state index < -0.39 is 0 Å². The van der Waals surface area contributed by atoms with Gasteiger partial charge in [-0.25, -0.2) is 0 Å².